The fourth-order valence-electron chi connectivity index (χ4n) is 2.69. The summed E-state index contributed by atoms with van der Waals surface area (Å²) in [7, 11) is 3.39. The van der Waals surface area contributed by atoms with E-state index in [2.05, 4.69) is 62.1 Å². The van der Waals surface area contributed by atoms with E-state index in [0.717, 1.165) is 6.42 Å². The molecule has 0 saturated carbocycles. The van der Waals surface area contributed by atoms with Crippen molar-refractivity contribution in [2.24, 2.45) is 21.7 Å². The molecule has 0 aliphatic carbocycles. The minimum Gasteiger partial charge on any atom is -0.378 e. The Morgan fingerprint density at radius 1 is 1.26 bits per heavy atom. The number of hydrogen-bond acceptors (Lipinski definition) is 6. The van der Waals surface area contributed by atoms with Crippen molar-refractivity contribution >= 4 is 0 Å². The van der Waals surface area contributed by atoms with Crippen molar-refractivity contribution in [3.05, 3.63) is 24.8 Å². The van der Waals surface area contributed by atoms with Gasteiger partial charge in [-0.15, -0.1) is 6.58 Å². The molecule has 0 spiro atoms. The van der Waals surface area contributed by atoms with E-state index in [0.29, 0.717) is 25.4 Å². The lowest BCUT2D eigenvalue weighted by Crippen LogP contribution is -2.59. The van der Waals surface area contributed by atoms with E-state index in [-0.39, 0.29) is 5.41 Å². The maximum Gasteiger partial charge on any atom is 0.142 e. The van der Waals surface area contributed by atoms with E-state index in [1.54, 1.807) is 24.0 Å². The van der Waals surface area contributed by atoms with E-state index >= 15 is 0 Å². The van der Waals surface area contributed by atoms with Crippen molar-refractivity contribution in [1.82, 2.24) is 15.2 Å². The van der Waals surface area contributed by atoms with Crippen LogP contribution >= 0.6 is 0 Å². The molecule has 0 saturated heterocycles. The first-order valence-corrected chi connectivity index (χ1v) is 9.74. The SMILES string of the molecule is C=CC(C)/C=C/CCNC(O)[C@H](N(CC)N=NC)N(C)C(O)CC(C)(C)C. The molecule has 0 aromatic heterocycles. The van der Waals surface area contributed by atoms with Crippen LogP contribution < -0.4 is 5.32 Å². The minimum atomic E-state index is -0.889. The third-order valence-corrected chi connectivity index (χ3v) is 4.27. The van der Waals surface area contributed by atoms with Crippen LogP contribution in [0.3, 0.4) is 0 Å². The van der Waals surface area contributed by atoms with Crippen molar-refractivity contribution in [2.75, 3.05) is 27.2 Å². The number of aliphatic hydroxyl groups is 2. The number of hydrogen-bond donors (Lipinski definition) is 3. The Kier molecular flexibility index (Phi) is 12.4. The summed E-state index contributed by atoms with van der Waals surface area (Å²) in [6.07, 6.45) is 5.28. The van der Waals surface area contributed by atoms with E-state index in [1.807, 2.05) is 13.0 Å². The van der Waals surface area contributed by atoms with Crippen LogP contribution in [0.1, 0.15) is 47.5 Å². The van der Waals surface area contributed by atoms with Crippen molar-refractivity contribution in [3.8, 4) is 0 Å². The summed E-state index contributed by atoms with van der Waals surface area (Å²) in [4.78, 5) is 1.75. The average Bonchev–Trinajstić information content (AvgIpc) is 2.58. The normalized spacial score (nSPS) is 17.4. The van der Waals surface area contributed by atoms with Gasteiger partial charge in [0, 0.05) is 13.1 Å². The van der Waals surface area contributed by atoms with Gasteiger partial charge in [0.1, 0.15) is 18.6 Å². The van der Waals surface area contributed by atoms with Gasteiger partial charge in [-0.05, 0) is 38.1 Å². The van der Waals surface area contributed by atoms with Crippen LogP contribution in [0.25, 0.3) is 0 Å². The highest BCUT2D eigenvalue weighted by molar-refractivity contribution is 4.95. The number of rotatable bonds is 13. The molecule has 0 heterocycles. The molecule has 3 unspecified atom stereocenters. The van der Waals surface area contributed by atoms with Gasteiger partial charge in [-0.2, -0.15) is 5.11 Å². The van der Waals surface area contributed by atoms with E-state index in [9.17, 15) is 10.2 Å². The Hall–Kier alpha value is -1.28. The largest absolute Gasteiger partial charge is 0.378 e. The first-order valence-electron chi connectivity index (χ1n) is 9.74. The summed E-state index contributed by atoms with van der Waals surface area (Å²) in [5, 5.41) is 34.2. The summed E-state index contributed by atoms with van der Waals surface area (Å²) in [6, 6.07) is 0. The zero-order valence-corrected chi connectivity index (χ0v) is 18.3. The molecule has 0 amide bonds. The Balaban J connectivity index is 5.07. The molecule has 0 aromatic carbocycles. The van der Waals surface area contributed by atoms with Gasteiger partial charge in [-0.3, -0.25) is 15.2 Å². The van der Waals surface area contributed by atoms with Crippen molar-refractivity contribution < 1.29 is 10.2 Å². The van der Waals surface area contributed by atoms with Gasteiger partial charge in [-0.25, -0.2) is 0 Å². The van der Waals surface area contributed by atoms with Crippen LogP contribution in [0.5, 0.6) is 0 Å². The summed E-state index contributed by atoms with van der Waals surface area (Å²) >= 11 is 0. The van der Waals surface area contributed by atoms with Crippen LogP contribution in [0.4, 0.5) is 0 Å². The lowest BCUT2D eigenvalue weighted by Gasteiger charge is -2.41. The van der Waals surface area contributed by atoms with E-state index in [1.165, 1.54) is 0 Å². The maximum atomic E-state index is 10.8. The Morgan fingerprint density at radius 3 is 2.37 bits per heavy atom. The van der Waals surface area contributed by atoms with Crippen molar-refractivity contribution in [3.63, 3.8) is 0 Å². The van der Waals surface area contributed by atoms with Crippen molar-refractivity contribution in [1.29, 1.82) is 0 Å². The lowest BCUT2D eigenvalue weighted by atomic mass is 9.91. The second kappa shape index (κ2) is 13.0. The van der Waals surface area contributed by atoms with Gasteiger partial charge in [0.2, 0.25) is 0 Å². The van der Waals surface area contributed by atoms with Gasteiger partial charge in [-0.1, -0.05) is 51.1 Å². The summed E-state index contributed by atoms with van der Waals surface area (Å²) in [5.41, 5.74) is -0.0352. The smallest absolute Gasteiger partial charge is 0.142 e. The molecule has 0 bridgehead atoms. The summed E-state index contributed by atoms with van der Waals surface area (Å²) in [6.45, 7) is 15.2. The van der Waals surface area contributed by atoms with Gasteiger partial charge in [0.05, 0.1) is 7.05 Å². The molecule has 0 aliphatic heterocycles. The molecule has 158 valence electrons. The van der Waals surface area contributed by atoms with Crippen LogP contribution in [0, 0.1) is 11.3 Å². The molecule has 4 atom stereocenters. The molecule has 7 heteroatoms. The monoisotopic (exact) mass is 383 g/mol. The zero-order valence-electron chi connectivity index (χ0n) is 18.3. The molecule has 0 rings (SSSR count). The van der Waals surface area contributed by atoms with Crippen LogP contribution in [-0.2, 0) is 0 Å². The van der Waals surface area contributed by atoms with Gasteiger partial charge >= 0.3 is 0 Å². The van der Waals surface area contributed by atoms with Gasteiger partial charge < -0.3 is 10.2 Å². The highest BCUT2D eigenvalue weighted by Gasteiger charge is 2.33. The van der Waals surface area contributed by atoms with Crippen LogP contribution in [0.15, 0.2) is 35.1 Å². The highest BCUT2D eigenvalue weighted by atomic mass is 16.3. The van der Waals surface area contributed by atoms with Crippen LogP contribution in [0.2, 0.25) is 0 Å². The molecule has 27 heavy (non-hydrogen) atoms. The first kappa shape index (κ1) is 25.7. The van der Waals surface area contributed by atoms with Crippen LogP contribution in [-0.4, -0.2) is 65.9 Å². The third kappa shape index (κ3) is 10.6. The lowest BCUT2D eigenvalue weighted by molar-refractivity contribution is -0.125. The predicted molar refractivity (Wildman–Crippen MR) is 112 cm³/mol. The molecule has 0 radical (unpaired) electrons. The van der Waals surface area contributed by atoms with E-state index in [4.69, 9.17) is 0 Å². The molecule has 0 aliphatic rings. The number of likely N-dealkylation sites (N-methyl/N-ethyl adjacent to an activating group) is 2. The molecule has 3 N–H and O–H groups in total. The number of nitrogens with one attached hydrogen (secondary N) is 1. The molecular formula is C20H41N5O2. The van der Waals surface area contributed by atoms with Crippen molar-refractivity contribution in [2.45, 2.75) is 66.1 Å². The molecule has 0 aromatic rings. The predicted octanol–water partition coefficient (Wildman–Crippen LogP) is 2.99. The number of allylic oxidation sites excluding steroid dienone is 2. The average molecular weight is 384 g/mol. The highest BCUT2D eigenvalue weighted by Crippen LogP contribution is 2.24. The Bertz CT molecular complexity index is 462. The zero-order chi connectivity index (χ0) is 21.0. The fraction of sp³-hybridized carbons (Fsp3) is 0.800. The minimum absolute atomic E-state index is 0.0352. The summed E-state index contributed by atoms with van der Waals surface area (Å²) in [5.74, 6) is 0.335. The molecular weight excluding hydrogens is 342 g/mol. The molecule has 7 nitrogen and oxygen atoms in total. The molecule has 0 fully saturated rings. The second-order valence-electron chi connectivity index (χ2n) is 8.08. The number of nitrogens with zero attached hydrogens (tertiary/aromatic N) is 4. The summed E-state index contributed by atoms with van der Waals surface area (Å²) < 4.78 is 0. The third-order valence-electron chi connectivity index (χ3n) is 4.27. The standard InChI is InChI=1S/C20H41N5O2/c1-9-16(3)13-11-12-14-22-18(27)19(25(10-2)23-21-7)24(8)17(26)15-20(4,5)6/h9,11,13,16-19,22,26-27H,1,10,12,14-15H2,2-8H3/b13-11+,23-21?/t16?,17?,18?,19-/m0/s1. The van der Waals surface area contributed by atoms with Gasteiger partial charge in [0.15, 0.2) is 0 Å². The maximum absolute atomic E-state index is 10.8. The fourth-order valence-corrected chi connectivity index (χ4v) is 2.69. The topological polar surface area (TPSA) is 83.7 Å². The quantitative estimate of drug-likeness (QED) is 0.150. The van der Waals surface area contributed by atoms with E-state index < -0.39 is 18.6 Å². The number of aliphatic hydroxyl groups excluding tert-OH is 2. The first-order chi connectivity index (χ1) is 12.6. The van der Waals surface area contributed by atoms with Gasteiger partial charge in [0.25, 0.3) is 0 Å². The second-order valence-corrected chi connectivity index (χ2v) is 8.08. The Morgan fingerprint density at radius 2 is 1.89 bits per heavy atom. The Labute approximate surface area is 165 Å².